The number of carbonyl (C=O) groups is 3. The second-order valence-corrected chi connectivity index (χ2v) is 7.77. The van der Waals surface area contributed by atoms with E-state index in [1.165, 1.54) is 0 Å². The zero-order chi connectivity index (χ0) is 20.4. The maximum absolute atomic E-state index is 13.1. The fraction of sp³-hybridized carbons (Fsp3) is 0.789. The minimum Gasteiger partial charge on any atom is -0.370 e. The number of aliphatic imine (C=N–C) groups is 1. The van der Waals surface area contributed by atoms with Gasteiger partial charge in [0.05, 0.1) is 12.1 Å². The van der Waals surface area contributed by atoms with Crippen LogP contribution in [0.25, 0.3) is 0 Å². The standard InChI is InChI=1S/C19H35N5O3.ClH/c1-13(2)11-16(20)18(27)24(17(26)14-7-4-3-5-8-14)15(12-25)9-6-10-23-19(21)22;/h12-16H,3-11,20H2,1-2H3,(H4,21,22,23);1H/t15-,16-;/m0./s1. The number of rotatable bonds is 10. The van der Waals surface area contributed by atoms with E-state index in [2.05, 4.69) is 4.99 Å². The van der Waals surface area contributed by atoms with Crippen molar-refractivity contribution in [3.63, 3.8) is 0 Å². The van der Waals surface area contributed by atoms with Gasteiger partial charge in [0.2, 0.25) is 11.8 Å². The Labute approximate surface area is 174 Å². The molecule has 6 N–H and O–H groups in total. The van der Waals surface area contributed by atoms with Gasteiger partial charge in [-0.2, -0.15) is 0 Å². The molecule has 162 valence electrons. The SMILES string of the molecule is CC(C)C[C@H](N)C(=O)N(C(=O)C1CCCCC1)[C@H](C=O)CCCN=C(N)N.Cl. The van der Waals surface area contributed by atoms with Crippen LogP contribution in [0.4, 0.5) is 0 Å². The first-order valence-electron chi connectivity index (χ1n) is 9.91. The molecule has 2 atom stereocenters. The van der Waals surface area contributed by atoms with Gasteiger partial charge in [-0.25, -0.2) is 0 Å². The monoisotopic (exact) mass is 417 g/mol. The Morgan fingerprint density at radius 1 is 1.18 bits per heavy atom. The maximum Gasteiger partial charge on any atom is 0.246 e. The zero-order valence-corrected chi connectivity index (χ0v) is 17.8. The molecule has 9 heteroatoms. The first-order valence-corrected chi connectivity index (χ1v) is 9.91. The molecule has 0 bridgehead atoms. The summed E-state index contributed by atoms with van der Waals surface area (Å²) >= 11 is 0. The van der Waals surface area contributed by atoms with Gasteiger partial charge in [-0.15, -0.1) is 12.4 Å². The molecule has 0 aromatic rings. The Balaban J connectivity index is 0.00000729. The predicted molar refractivity (Wildman–Crippen MR) is 113 cm³/mol. The molecular formula is C19H36ClN5O3. The number of nitrogens with zero attached hydrogens (tertiary/aromatic N) is 2. The van der Waals surface area contributed by atoms with Gasteiger partial charge >= 0.3 is 0 Å². The predicted octanol–water partition coefficient (Wildman–Crippen LogP) is 1.34. The summed E-state index contributed by atoms with van der Waals surface area (Å²) in [5.74, 6) is -0.750. The summed E-state index contributed by atoms with van der Waals surface area (Å²) < 4.78 is 0. The van der Waals surface area contributed by atoms with Gasteiger partial charge in [-0.05, 0) is 38.0 Å². The summed E-state index contributed by atoms with van der Waals surface area (Å²) in [6, 6.07) is -1.63. The molecule has 0 heterocycles. The van der Waals surface area contributed by atoms with Gasteiger partial charge in [0.1, 0.15) is 6.29 Å². The summed E-state index contributed by atoms with van der Waals surface area (Å²) in [5.41, 5.74) is 16.7. The Bertz CT molecular complexity index is 532. The van der Waals surface area contributed by atoms with Crippen LogP contribution in [0.3, 0.4) is 0 Å². The smallest absolute Gasteiger partial charge is 0.246 e. The van der Waals surface area contributed by atoms with Crippen LogP contribution in [0, 0.1) is 11.8 Å². The van der Waals surface area contributed by atoms with Crippen LogP contribution < -0.4 is 17.2 Å². The molecule has 1 saturated carbocycles. The Morgan fingerprint density at radius 2 is 1.79 bits per heavy atom. The van der Waals surface area contributed by atoms with E-state index in [0.29, 0.717) is 32.1 Å². The Morgan fingerprint density at radius 3 is 2.29 bits per heavy atom. The lowest BCUT2D eigenvalue weighted by Crippen LogP contribution is -2.54. The van der Waals surface area contributed by atoms with E-state index in [1.807, 2.05) is 13.8 Å². The van der Waals surface area contributed by atoms with Crippen molar-refractivity contribution in [2.45, 2.75) is 77.3 Å². The van der Waals surface area contributed by atoms with E-state index in [-0.39, 0.29) is 36.1 Å². The molecule has 1 aliphatic rings. The van der Waals surface area contributed by atoms with Gasteiger partial charge in [0.15, 0.2) is 5.96 Å². The lowest BCUT2D eigenvalue weighted by atomic mass is 9.87. The summed E-state index contributed by atoms with van der Waals surface area (Å²) in [4.78, 5) is 42.8. The second kappa shape index (κ2) is 13.5. The van der Waals surface area contributed by atoms with E-state index < -0.39 is 18.0 Å². The van der Waals surface area contributed by atoms with Gasteiger partial charge in [0, 0.05) is 12.5 Å². The zero-order valence-electron chi connectivity index (χ0n) is 17.0. The van der Waals surface area contributed by atoms with Crippen molar-refractivity contribution >= 4 is 36.5 Å². The normalized spacial score (nSPS) is 16.6. The Hall–Kier alpha value is -1.67. The number of aldehydes is 1. The highest BCUT2D eigenvalue weighted by molar-refractivity contribution is 6.01. The fourth-order valence-electron chi connectivity index (χ4n) is 3.54. The molecule has 1 fully saturated rings. The van der Waals surface area contributed by atoms with Crippen LogP contribution >= 0.6 is 12.4 Å². The number of hydrogen-bond donors (Lipinski definition) is 3. The van der Waals surface area contributed by atoms with Crippen molar-refractivity contribution in [2.75, 3.05) is 6.54 Å². The first kappa shape index (κ1) is 26.3. The minimum absolute atomic E-state index is 0. The number of nitrogens with two attached hydrogens (primary N) is 3. The molecule has 8 nitrogen and oxygen atoms in total. The molecule has 0 aromatic heterocycles. The van der Waals surface area contributed by atoms with E-state index in [9.17, 15) is 14.4 Å². The van der Waals surface area contributed by atoms with Crippen LogP contribution in [-0.2, 0) is 14.4 Å². The quantitative estimate of drug-likeness (QED) is 0.211. The third kappa shape index (κ3) is 8.56. The van der Waals surface area contributed by atoms with Crippen molar-refractivity contribution < 1.29 is 14.4 Å². The molecule has 2 amide bonds. The van der Waals surface area contributed by atoms with Crippen molar-refractivity contribution in [3.05, 3.63) is 0 Å². The number of imide groups is 1. The van der Waals surface area contributed by atoms with Crippen LogP contribution in [0.2, 0.25) is 0 Å². The highest BCUT2D eigenvalue weighted by Gasteiger charge is 2.36. The number of guanidine groups is 1. The number of halogens is 1. The van der Waals surface area contributed by atoms with Gasteiger partial charge in [-0.1, -0.05) is 33.1 Å². The molecule has 1 aliphatic carbocycles. The molecule has 0 unspecified atom stereocenters. The number of hydrogen-bond acceptors (Lipinski definition) is 5. The first-order chi connectivity index (χ1) is 12.8. The van der Waals surface area contributed by atoms with Crippen molar-refractivity contribution in [3.8, 4) is 0 Å². The molecule has 28 heavy (non-hydrogen) atoms. The summed E-state index contributed by atoms with van der Waals surface area (Å²) in [6.45, 7) is 4.27. The van der Waals surface area contributed by atoms with E-state index in [1.54, 1.807) is 0 Å². The van der Waals surface area contributed by atoms with Crippen LogP contribution in [0.1, 0.15) is 65.2 Å². The van der Waals surface area contributed by atoms with Gasteiger partial charge < -0.3 is 22.0 Å². The molecule has 0 aliphatic heterocycles. The number of carbonyl (C=O) groups excluding carboxylic acids is 3. The highest BCUT2D eigenvalue weighted by atomic mass is 35.5. The van der Waals surface area contributed by atoms with Crippen molar-refractivity contribution in [2.24, 2.45) is 34.0 Å². The average molecular weight is 418 g/mol. The van der Waals surface area contributed by atoms with E-state index in [0.717, 1.165) is 37.0 Å². The lowest BCUT2D eigenvalue weighted by Gasteiger charge is -2.33. The van der Waals surface area contributed by atoms with Gasteiger partial charge in [-0.3, -0.25) is 19.5 Å². The topological polar surface area (TPSA) is 145 Å². The van der Waals surface area contributed by atoms with Crippen molar-refractivity contribution in [1.82, 2.24) is 4.90 Å². The minimum atomic E-state index is -0.834. The number of amides is 2. The highest BCUT2D eigenvalue weighted by Crippen LogP contribution is 2.27. The maximum atomic E-state index is 13.1. The molecule has 0 saturated heterocycles. The molecule has 1 rings (SSSR count). The second-order valence-electron chi connectivity index (χ2n) is 7.77. The van der Waals surface area contributed by atoms with Gasteiger partial charge in [0.25, 0.3) is 0 Å². The Kier molecular flexibility index (Phi) is 12.7. The third-order valence-electron chi connectivity index (χ3n) is 4.91. The lowest BCUT2D eigenvalue weighted by molar-refractivity contribution is -0.154. The molecule has 0 aromatic carbocycles. The summed E-state index contributed by atoms with van der Waals surface area (Å²) in [5, 5.41) is 0. The van der Waals surface area contributed by atoms with Crippen LogP contribution in [0.15, 0.2) is 4.99 Å². The fourth-order valence-corrected chi connectivity index (χ4v) is 3.54. The van der Waals surface area contributed by atoms with E-state index >= 15 is 0 Å². The average Bonchev–Trinajstić information content (AvgIpc) is 2.63. The third-order valence-corrected chi connectivity index (χ3v) is 4.91. The van der Waals surface area contributed by atoms with Crippen LogP contribution in [-0.4, -0.2) is 47.6 Å². The molecule has 0 spiro atoms. The molecule has 0 radical (unpaired) electrons. The van der Waals surface area contributed by atoms with E-state index in [4.69, 9.17) is 17.2 Å². The summed E-state index contributed by atoms with van der Waals surface area (Å²) in [7, 11) is 0. The molecular weight excluding hydrogens is 382 g/mol. The largest absolute Gasteiger partial charge is 0.370 e. The summed E-state index contributed by atoms with van der Waals surface area (Å²) in [6.07, 6.45) is 6.47. The van der Waals surface area contributed by atoms with Crippen molar-refractivity contribution in [1.29, 1.82) is 0 Å². The van der Waals surface area contributed by atoms with Crippen LogP contribution in [0.5, 0.6) is 0 Å².